The molecule has 0 saturated carbocycles. The number of hydrogen-bond acceptors (Lipinski definition) is 2. The monoisotopic (exact) mass is 369 g/mol. The van der Waals surface area contributed by atoms with Gasteiger partial charge < -0.3 is 4.74 Å². The van der Waals surface area contributed by atoms with E-state index in [1.807, 2.05) is 0 Å². The fraction of sp³-hybridized carbons (Fsp3) is 0.278. The predicted octanol–water partition coefficient (Wildman–Crippen LogP) is 5.73. The fourth-order valence-electron chi connectivity index (χ4n) is 3.66. The molecule has 2 atom stereocenters. The van der Waals surface area contributed by atoms with Crippen LogP contribution < -0.4 is 4.74 Å². The third-order valence-electron chi connectivity index (χ3n) is 4.77. The minimum Gasteiger partial charge on any atom is -0.457 e. The smallest absolute Gasteiger partial charge is 0.336 e. The molecule has 0 bridgehead atoms. The van der Waals surface area contributed by atoms with Crippen LogP contribution in [0.2, 0.25) is 0 Å². The first kappa shape index (κ1) is 16.8. The topological polar surface area (TPSA) is 33.0 Å². The number of alkyl halides is 5. The maximum Gasteiger partial charge on any atom is 0.336 e. The number of benzene rings is 2. The van der Waals surface area contributed by atoms with Crippen molar-refractivity contribution in [3.8, 4) is 17.6 Å². The molecule has 26 heavy (non-hydrogen) atoms. The highest BCUT2D eigenvalue weighted by Crippen LogP contribution is 2.66. The summed E-state index contributed by atoms with van der Waals surface area (Å²) in [6, 6.07) is 6.50. The quantitative estimate of drug-likeness (QED) is 0.634. The standard InChI is InChI=1S/C18H9F6NO/c19-9-3-8(7-25)4-10(5-9)26-14-2-1-11-15-12(6-13(20)16(14)15)18(23,24)17(11,21)22/h1-5,12-13H,6H2. The van der Waals surface area contributed by atoms with E-state index in [1.54, 1.807) is 6.07 Å². The molecule has 2 aromatic carbocycles. The van der Waals surface area contributed by atoms with Crippen LogP contribution in [0.3, 0.4) is 0 Å². The van der Waals surface area contributed by atoms with Crippen LogP contribution in [-0.2, 0) is 5.92 Å². The van der Waals surface area contributed by atoms with Gasteiger partial charge in [-0.15, -0.1) is 0 Å². The summed E-state index contributed by atoms with van der Waals surface area (Å²) in [6.45, 7) is 0. The van der Waals surface area contributed by atoms with Crippen LogP contribution in [0, 0.1) is 17.1 Å². The van der Waals surface area contributed by atoms with Crippen LogP contribution in [-0.4, -0.2) is 5.92 Å². The second-order valence-corrected chi connectivity index (χ2v) is 6.28. The lowest BCUT2D eigenvalue weighted by atomic mass is 10.0. The van der Waals surface area contributed by atoms with Gasteiger partial charge in [-0.1, -0.05) is 0 Å². The summed E-state index contributed by atoms with van der Waals surface area (Å²) in [5, 5.41) is 8.85. The van der Waals surface area contributed by atoms with Gasteiger partial charge in [-0.2, -0.15) is 22.8 Å². The molecule has 0 amide bonds. The van der Waals surface area contributed by atoms with Crippen molar-refractivity contribution in [1.82, 2.24) is 0 Å². The molecule has 0 aliphatic heterocycles. The van der Waals surface area contributed by atoms with Gasteiger partial charge in [0.25, 0.3) is 0 Å². The third kappa shape index (κ3) is 2.06. The van der Waals surface area contributed by atoms with Crippen LogP contribution >= 0.6 is 0 Å². The van der Waals surface area contributed by atoms with E-state index < -0.39 is 47.3 Å². The molecule has 2 nitrogen and oxygen atoms in total. The molecule has 2 unspecified atom stereocenters. The second-order valence-electron chi connectivity index (χ2n) is 6.28. The lowest BCUT2D eigenvalue weighted by Crippen LogP contribution is -2.36. The second kappa shape index (κ2) is 5.16. The van der Waals surface area contributed by atoms with E-state index in [4.69, 9.17) is 10.00 Å². The lowest BCUT2D eigenvalue weighted by Gasteiger charge is -2.24. The minimum absolute atomic E-state index is 0.0645. The number of hydrogen-bond donors (Lipinski definition) is 0. The van der Waals surface area contributed by atoms with Crippen molar-refractivity contribution in [2.24, 2.45) is 0 Å². The van der Waals surface area contributed by atoms with Gasteiger partial charge in [0.05, 0.1) is 17.6 Å². The summed E-state index contributed by atoms with van der Waals surface area (Å²) in [5.74, 6) is -11.9. The van der Waals surface area contributed by atoms with Gasteiger partial charge in [-0.3, -0.25) is 0 Å². The van der Waals surface area contributed by atoms with Gasteiger partial charge >= 0.3 is 11.8 Å². The molecule has 0 fully saturated rings. The first-order chi connectivity index (χ1) is 12.2. The van der Waals surface area contributed by atoms with Crippen molar-refractivity contribution >= 4 is 0 Å². The summed E-state index contributed by atoms with van der Waals surface area (Å²) in [7, 11) is 0. The maximum atomic E-state index is 14.4. The van der Waals surface area contributed by atoms with E-state index in [0.717, 1.165) is 24.3 Å². The van der Waals surface area contributed by atoms with E-state index in [9.17, 15) is 26.3 Å². The Morgan fingerprint density at radius 1 is 1.08 bits per heavy atom. The Morgan fingerprint density at radius 2 is 1.81 bits per heavy atom. The zero-order chi connectivity index (χ0) is 18.9. The zero-order valence-electron chi connectivity index (χ0n) is 12.9. The van der Waals surface area contributed by atoms with E-state index in [2.05, 4.69) is 0 Å². The summed E-state index contributed by atoms with van der Waals surface area (Å²) in [4.78, 5) is 0. The minimum atomic E-state index is -4.40. The average molecular weight is 369 g/mol. The van der Waals surface area contributed by atoms with Gasteiger partial charge in [0.15, 0.2) is 0 Å². The lowest BCUT2D eigenvalue weighted by molar-refractivity contribution is -0.216. The van der Waals surface area contributed by atoms with Crippen LogP contribution in [0.25, 0.3) is 0 Å². The third-order valence-corrected chi connectivity index (χ3v) is 4.77. The van der Waals surface area contributed by atoms with Crippen molar-refractivity contribution in [3.05, 3.63) is 58.4 Å². The van der Waals surface area contributed by atoms with E-state index in [-0.39, 0.29) is 22.6 Å². The van der Waals surface area contributed by atoms with Crippen LogP contribution in [0.1, 0.15) is 40.8 Å². The van der Waals surface area contributed by atoms with Gasteiger partial charge in [-0.25, -0.2) is 8.78 Å². The van der Waals surface area contributed by atoms with E-state index in [0.29, 0.717) is 0 Å². The van der Waals surface area contributed by atoms with Crippen LogP contribution in [0.5, 0.6) is 11.5 Å². The normalized spacial score (nSPS) is 24.2. The molecule has 0 saturated heterocycles. The molecular weight excluding hydrogens is 360 g/mol. The molecule has 2 aliphatic carbocycles. The average Bonchev–Trinajstić information content (AvgIpc) is 2.98. The Kier molecular flexibility index (Phi) is 3.33. The van der Waals surface area contributed by atoms with E-state index >= 15 is 0 Å². The molecule has 4 rings (SSSR count). The van der Waals surface area contributed by atoms with E-state index in [1.165, 1.54) is 6.07 Å². The number of rotatable bonds is 2. The van der Waals surface area contributed by atoms with Crippen molar-refractivity contribution < 1.29 is 31.1 Å². The molecule has 0 heterocycles. The Labute approximate surface area is 143 Å². The predicted molar refractivity (Wildman–Crippen MR) is 77.7 cm³/mol. The number of nitrogens with zero attached hydrogens (tertiary/aromatic N) is 1. The van der Waals surface area contributed by atoms with Crippen LogP contribution in [0.4, 0.5) is 26.3 Å². The Balaban J connectivity index is 1.84. The van der Waals surface area contributed by atoms with Crippen LogP contribution in [0.15, 0.2) is 30.3 Å². The summed E-state index contributed by atoms with van der Waals surface area (Å²) >= 11 is 0. The number of nitriles is 1. The Bertz CT molecular complexity index is 965. The Morgan fingerprint density at radius 3 is 2.50 bits per heavy atom. The summed E-state index contributed by atoms with van der Waals surface area (Å²) in [6.07, 6.45) is -2.69. The first-order valence-electron chi connectivity index (χ1n) is 7.62. The number of halogens is 6. The van der Waals surface area contributed by atoms with Gasteiger partial charge in [0, 0.05) is 17.2 Å². The summed E-state index contributed by atoms with van der Waals surface area (Å²) < 4.78 is 89.4. The molecule has 2 aliphatic rings. The van der Waals surface area contributed by atoms with Gasteiger partial charge in [0.2, 0.25) is 0 Å². The molecular formula is C18H9F6NO. The van der Waals surface area contributed by atoms with Gasteiger partial charge in [-0.05, 0) is 36.2 Å². The SMILES string of the molecule is N#Cc1cc(F)cc(Oc2ccc3c4c2C(F)CC4C(F)(F)C3(F)F)c1. The van der Waals surface area contributed by atoms with Crippen molar-refractivity contribution in [2.75, 3.05) is 0 Å². The molecule has 0 N–H and O–H groups in total. The molecule has 134 valence electrons. The fourth-order valence-corrected chi connectivity index (χ4v) is 3.66. The molecule has 0 aromatic heterocycles. The number of ether oxygens (including phenoxy) is 1. The molecule has 8 heteroatoms. The highest BCUT2D eigenvalue weighted by atomic mass is 19.3. The molecule has 2 aromatic rings. The first-order valence-corrected chi connectivity index (χ1v) is 7.62. The largest absolute Gasteiger partial charge is 0.457 e. The highest BCUT2D eigenvalue weighted by molar-refractivity contribution is 5.58. The summed E-state index contributed by atoms with van der Waals surface area (Å²) in [5.41, 5.74) is -1.79. The zero-order valence-corrected chi connectivity index (χ0v) is 12.9. The van der Waals surface area contributed by atoms with Crippen molar-refractivity contribution in [2.45, 2.75) is 30.4 Å². The van der Waals surface area contributed by atoms with Crippen molar-refractivity contribution in [1.29, 1.82) is 5.26 Å². The maximum absolute atomic E-state index is 14.4. The molecule has 0 spiro atoms. The van der Waals surface area contributed by atoms with Crippen molar-refractivity contribution in [3.63, 3.8) is 0 Å². The Hall–Kier alpha value is -2.69. The highest BCUT2D eigenvalue weighted by Gasteiger charge is 2.71. The molecule has 0 radical (unpaired) electrons. The van der Waals surface area contributed by atoms with Gasteiger partial charge in [0.1, 0.15) is 23.5 Å².